The fourth-order valence-electron chi connectivity index (χ4n) is 2.82. The summed E-state index contributed by atoms with van der Waals surface area (Å²) >= 11 is 0. The van der Waals surface area contributed by atoms with Crippen LogP contribution in [0.3, 0.4) is 0 Å². The SMILES string of the molecule is Cc1ccc(C)c(NC(=O)/C(=C/c2ccc([N+](=O)[O-])cc2)c2ccccc2)c1. The molecule has 140 valence electrons. The van der Waals surface area contributed by atoms with Crippen molar-refractivity contribution in [2.45, 2.75) is 13.8 Å². The molecular weight excluding hydrogens is 352 g/mol. The maximum absolute atomic E-state index is 13.1. The van der Waals surface area contributed by atoms with Gasteiger partial charge < -0.3 is 5.32 Å². The standard InChI is InChI=1S/C23H20N2O3/c1-16-8-9-17(2)22(14-16)24-23(26)21(19-6-4-3-5-7-19)15-18-10-12-20(13-11-18)25(27)28/h3-15H,1-2H3,(H,24,26)/b21-15+. The van der Waals surface area contributed by atoms with Crippen LogP contribution >= 0.6 is 0 Å². The fraction of sp³-hybridized carbons (Fsp3) is 0.0870. The van der Waals surface area contributed by atoms with Gasteiger partial charge in [0.15, 0.2) is 0 Å². The molecule has 28 heavy (non-hydrogen) atoms. The van der Waals surface area contributed by atoms with Crippen LogP contribution in [0.4, 0.5) is 11.4 Å². The highest BCUT2D eigenvalue weighted by Crippen LogP contribution is 2.23. The van der Waals surface area contributed by atoms with E-state index in [0.29, 0.717) is 11.1 Å². The van der Waals surface area contributed by atoms with Crippen LogP contribution in [0, 0.1) is 24.0 Å². The molecule has 1 amide bonds. The van der Waals surface area contributed by atoms with E-state index in [0.717, 1.165) is 22.4 Å². The number of anilines is 1. The minimum atomic E-state index is -0.446. The molecule has 0 fully saturated rings. The van der Waals surface area contributed by atoms with Crippen molar-refractivity contribution in [1.82, 2.24) is 0 Å². The van der Waals surface area contributed by atoms with Gasteiger partial charge in [0.05, 0.1) is 4.92 Å². The average Bonchev–Trinajstić information content (AvgIpc) is 2.70. The Morgan fingerprint density at radius 2 is 1.64 bits per heavy atom. The quantitative estimate of drug-likeness (QED) is 0.282. The van der Waals surface area contributed by atoms with E-state index >= 15 is 0 Å². The molecule has 0 spiro atoms. The number of hydrogen-bond donors (Lipinski definition) is 1. The molecule has 0 saturated heterocycles. The molecule has 0 bridgehead atoms. The minimum Gasteiger partial charge on any atom is -0.322 e. The third kappa shape index (κ3) is 4.51. The number of nitrogens with zero attached hydrogens (tertiary/aromatic N) is 1. The Hall–Kier alpha value is -3.73. The molecule has 5 heteroatoms. The van der Waals surface area contributed by atoms with Crippen LogP contribution in [0.5, 0.6) is 0 Å². The predicted octanol–water partition coefficient (Wildman–Crippen LogP) is 5.39. The van der Waals surface area contributed by atoms with Gasteiger partial charge >= 0.3 is 0 Å². The van der Waals surface area contributed by atoms with E-state index < -0.39 is 4.92 Å². The zero-order valence-electron chi connectivity index (χ0n) is 15.7. The number of aryl methyl sites for hydroxylation is 2. The van der Waals surface area contributed by atoms with Gasteiger partial charge in [0, 0.05) is 23.4 Å². The van der Waals surface area contributed by atoms with E-state index in [2.05, 4.69) is 5.32 Å². The number of non-ortho nitro benzene ring substituents is 1. The molecule has 0 unspecified atom stereocenters. The number of amides is 1. The number of rotatable bonds is 5. The zero-order valence-corrected chi connectivity index (χ0v) is 15.7. The van der Waals surface area contributed by atoms with Gasteiger partial charge in [-0.3, -0.25) is 14.9 Å². The molecule has 3 aromatic rings. The second kappa shape index (κ2) is 8.31. The van der Waals surface area contributed by atoms with Crippen LogP contribution in [0.1, 0.15) is 22.3 Å². The molecule has 0 aliphatic rings. The van der Waals surface area contributed by atoms with Crippen molar-refractivity contribution in [3.05, 3.63) is 105 Å². The lowest BCUT2D eigenvalue weighted by Gasteiger charge is -2.12. The summed E-state index contributed by atoms with van der Waals surface area (Å²) in [5.41, 5.74) is 4.76. The summed E-state index contributed by atoms with van der Waals surface area (Å²) in [5.74, 6) is -0.238. The van der Waals surface area contributed by atoms with Gasteiger partial charge in [0.2, 0.25) is 0 Å². The van der Waals surface area contributed by atoms with E-state index in [1.807, 2.05) is 62.4 Å². The van der Waals surface area contributed by atoms with E-state index in [1.54, 1.807) is 18.2 Å². The third-order valence-corrected chi connectivity index (χ3v) is 4.39. The number of carbonyl (C=O) groups excluding carboxylic acids is 1. The highest BCUT2D eigenvalue weighted by molar-refractivity contribution is 6.29. The van der Waals surface area contributed by atoms with E-state index in [9.17, 15) is 14.9 Å². The molecule has 3 rings (SSSR count). The van der Waals surface area contributed by atoms with Crippen molar-refractivity contribution >= 4 is 28.9 Å². The van der Waals surface area contributed by atoms with Crippen molar-refractivity contribution in [3.63, 3.8) is 0 Å². The van der Waals surface area contributed by atoms with Gasteiger partial charge in [-0.05, 0) is 60.4 Å². The highest BCUT2D eigenvalue weighted by atomic mass is 16.6. The molecule has 0 heterocycles. The molecule has 0 aromatic heterocycles. The van der Waals surface area contributed by atoms with E-state index in [4.69, 9.17) is 0 Å². The van der Waals surface area contributed by atoms with Crippen LogP contribution < -0.4 is 5.32 Å². The zero-order chi connectivity index (χ0) is 20.1. The average molecular weight is 372 g/mol. The lowest BCUT2D eigenvalue weighted by atomic mass is 10.0. The Labute approximate surface area is 163 Å². The largest absolute Gasteiger partial charge is 0.322 e. The number of nitro benzene ring substituents is 1. The van der Waals surface area contributed by atoms with Gasteiger partial charge in [-0.2, -0.15) is 0 Å². The summed E-state index contributed by atoms with van der Waals surface area (Å²) in [6.45, 7) is 3.91. The van der Waals surface area contributed by atoms with Crippen LogP contribution in [-0.4, -0.2) is 10.8 Å². The number of carbonyl (C=O) groups is 1. The number of nitrogens with one attached hydrogen (secondary N) is 1. The minimum absolute atomic E-state index is 0.0123. The van der Waals surface area contributed by atoms with Crippen molar-refractivity contribution in [2.75, 3.05) is 5.32 Å². The molecule has 0 aliphatic carbocycles. The second-order valence-corrected chi connectivity index (χ2v) is 6.55. The van der Waals surface area contributed by atoms with Crippen molar-refractivity contribution < 1.29 is 9.72 Å². The first-order chi connectivity index (χ1) is 13.4. The Morgan fingerprint density at radius 1 is 0.964 bits per heavy atom. The van der Waals surface area contributed by atoms with E-state index in [-0.39, 0.29) is 11.6 Å². The molecule has 0 aliphatic heterocycles. The van der Waals surface area contributed by atoms with Crippen LogP contribution in [-0.2, 0) is 4.79 Å². The van der Waals surface area contributed by atoms with Crippen LogP contribution in [0.25, 0.3) is 11.6 Å². The summed E-state index contributed by atoms with van der Waals surface area (Å²) in [6.07, 6.45) is 1.74. The summed E-state index contributed by atoms with van der Waals surface area (Å²) in [4.78, 5) is 23.5. The highest BCUT2D eigenvalue weighted by Gasteiger charge is 2.14. The number of hydrogen-bond acceptors (Lipinski definition) is 3. The predicted molar refractivity (Wildman–Crippen MR) is 112 cm³/mol. The Balaban J connectivity index is 1.98. The molecular formula is C23H20N2O3. The maximum Gasteiger partial charge on any atom is 0.269 e. The molecule has 0 saturated carbocycles. The van der Waals surface area contributed by atoms with E-state index in [1.165, 1.54) is 12.1 Å². The summed E-state index contributed by atoms with van der Waals surface area (Å²) < 4.78 is 0. The summed E-state index contributed by atoms with van der Waals surface area (Å²) in [5, 5.41) is 13.8. The smallest absolute Gasteiger partial charge is 0.269 e. The first-order valence-corrected chi connectivity index (χ1v) is 8.84. The Kier molecular flexibility index (Phi) is 5.65. The molecule has 0 atom stereocenters. The van der Waals surface area contributed by atoms with Gasteiger partial charge in [0.1, 0.15) is 0 Å². The van der Waals surface area contributed by atoms with Crippen LogP contribution in [0.2, 0.25) is 0 Å². The lowest BCUT2D eigenvalue weighted by molar-refractivity contribution is -0.384. The van der Waals surface area contributed by atoms with Gasteiger partial charge in [-0.1, -0.05) is 42.5 Å². The molecule has 5 nitrogen and oxygen atoms in total. The van der Waals surface area contributed by atoms with Crippen molar-refractivity contribution in [1.29, 1.82) is 0 Å². The maximum atomic E-state index is 13.1. The first-order valence-electron chi connectivity index (χ1n) is 8.84. The number of benzene rings is 3. The Morgan fingerprint density at radius 3 is 2.29 bits per heavy atom. The van der Waals surface area contributed by atoms with Gasteiger partial charge in [0.25, 0.3) is 11.6 Å². The number of nitro groups is 1. The van der Waals surface area contributed by atoms with Crippen molar-refractivity contribution in [2.24, 2.45) is 0 Å². The first kappa shape index (κ1) is 19.0. The summed E-state index contributed by atoms with van der Waals surface area (Å²) in [7, 11) is 0. The molecule has 3 aromatic carbocycles. The monoisotopic (exact) mass is 372 g/mol. The third-order valence-electron chi connectivity index (χ3n) is 4.39. The Bertz CT molecular complexity index is 1040. The van der Waals surface area contributed by atoms with Crippen LogP contribution in [0.15, 0.2) is 72.8 Å². The lowest BCUT2D eigenvalue weighted by Crippen LogP contribution is -2.14. The molecule has 1 N–H and O–H groups in total. The van der Waals surface area contributed by atoms with Gasteiger partial charge in [-0.15, -0.1) is 0 Å². The van der Waals surface area contributed by atoms with Gasteiger partial charge in [-0.25, -0.2) is 0 Å². The van der Waals surface area contributed by atoms with Crippen molar-refractivity contribution in [3.8, 4) is 0 Å². The fourth-order valence-corrected chi connectivity index (χ4v) is 2.82. The topological polar surface area (TPSA) is 72.2 Å². The second-order valence-electron chi connectivity index (χ2n) is 6.55. The normalized spacial score (nSPS) is 11.1. The summed E-state index contributed by atoms with van der Waals surface area (Å²) in [6, 6.07) is 21.3. The molecule has 0 radical (unpaired) electrons.